The van der Waals surface area contributed by atoms with Crippen LogP contribution in [0.5, 0.6) is 11.6 Å². The average Bonchev–Trinajstić information content (AvgIpc) is 2.96. The predicted molar refractivity (Wildman–Crippen MR) is 159 cm³/mol. The zero-order valence-corrected chi connectivity index (χ0v) is 25.1. The van der Waals surface area contributed by atoms with Gasteiger partial charge in [-0.3, -0.25) is 0 Å². The summed E-state index contributed by atoms with van der Waals surface area (Å²) in [7, 11) is 0. The molecular formula is C31H36N4O6S. The highest BCUT2D eigenvalue weighted by atomic mass is 32.2. The zero-order valence-electron chi connectivity index (χ0n) is 24.3. The van der Waals surface area contributed by atoms with Crippen molar-refractivity contribution in [2.45, 2.75) is 56.9 Å². The number of aliphatic hydroxyl groups is 1. The Bertz CT molecular complexity index is 1460. The first-order chi connectivity index (χ1) is 20.2. The van der Waals surface area contributed by atoms with E-state index < -0.39 is 23.3 Å². The van der Waals surface area contributed by atoms with Crippen LogP contribution in [0.2, 0.25) is 0 Å². The third-order valence-electron chi connectivity index (χ3n) is 7.56. The molecule has 3 unspecified atom stereocenters. The lowest BCUT2D eigenvalue weighted by Crippen LogP contribution is -2.65. The van der Waals surface area contributed by atoms with E-state index >= 15 is 0 Å². The second kappa shape index (κ2) is 11.4. The molecule has 0 spiro atoms. The van der Waals surface area contributed by atoms with Crippen LogP contribution in [-0.4, -0.2) is 92.0 Å². The summed E-state index contributed by atoms with van der Waals surface area (Å²) in [5.41, 5.74) is 3.31. The van der Waals surface area contributed by atoms with Crippen LogP contribution in [0.3, 0.4) is 0 Å². The van der Waals surface area contributed by atoms with Crippen LogP contribution >= 0.6 is 0 Å². The molecule has 1 saturated heterocycles. The molecule has 3 atom stereocenters. The van der Waals surface area contributed by atoms with Crippen LogP contribution < -0.4 is 9.47 Å². The number of nitrogens with zero attached hydrogens (tertiary/aromatic N) is 4. The molecule has 42 heavy (non-hydrogen) atoms. The van der Waals surface area contributed by atoms with E-state index in [-0.39, 0.29) is 17.5 Å². The molecule has 2 aromatic rings. The van der Waals surface area contributed by atoms with Crippen molar-refractivity contribution in [2.24, 2.45) is 4.99 Å². The number of pyridine rings is 1. The first-order valence-corrected chi connectivity index (χ1v) is 15.3. The summed E-state index contributed by atoms with van der Waals surface area (Å²) in [4.78, 5) is 10.4. The maximum absolute atomic E-state index is 13.3. The summed E-state index contributed by atoms with van der Waals surface area (Å²) < 4.78 is 38.0. The largest absolute Gasteiger partial charge is 0.597 e. The highest BCUT2D eigenvalue weighted by Crippen LogP contribution is 2.35. The van der Waals surface area contributed by atoms with Crippen LogP contribution in [0.25, 0.3) is 5.70 Å². The molecule has 10 nitrogen and oxygen atoms in total. The van der Waals surface area contributed by atoms with E-state index in [9.17, 15) is 9.66 Å². The minimum atomic E-state index is -1.20. The minimum Gasteiger partial charge on any atom is -0.597 e. The molecular weight excluding hydrogens is 556 g/mol. The number of ether oxygens (including phenoxy) is 4. The van der Waals surface area contributed by atoms with Crippen LogP contribution in [0.1, 0.15) is 44.4 Å². The molecule has 5 heterocycles. The number of aliphatic hydroxyl groups excluding tert-OH is 1. The fourth-order valence-electron chi connectivity index (χ4n) is 5.35. The van der Waals surface area contributed by atoms with Crippen molar-refractivity contribution >= 4 is 23.0 Å². The molecule has 0 saturated carbocycles. The van der Waals surface area contributed by atoms with Crippen molar-refractivity contribution in [3.05, 3.63) is 59.3 Å². The summed E-state index contributed by atoms with van der Waals surface area (Å²) >= 11 is -1.20. The van der Waals surface area contributed by atoms with E-state index in [4.69, 9.17) is 18.9 Å². The Balaban J connectivity index is 1.18. The fraction of sp³-hybridized carbons (Fsp3) is 0.484. The lowest BCUT2D eigenvalue weighted by molar-refractivity contribution is -0.0769. The van der Waals surface area contributed by atoms with E-state index in [0.717, 1.165) is 28.8 Å². The highest BCUT2D eigenvalue weighted by Gasteiger charge is 2.51. The summed E-state index contributed by atoms with van der Waals surface area (Å²) in [6.45, 7) is 10.6. The molecule has 1 aromatic heterocycles. The molecule has 4 aliphatic rings. The Labute approximate surface area is 249 Å². The number of benzene rings is 1. The van der Waals surface area contributed by atoms with Crippen LogP contribution in [0, 0.1) is 11.8 Å². The number of hydrogen-bond acceptors (Lipinski definition) is 10. The van der Waals surface area contributed by atoms with Gasteiger partial charge in [-0.15, -0.1) is 4.31 Å². The van der Waals surface area contributed by atoms with Gasteiger partial charge in [0.1, 0.15) is 18.0 Å². The maximum Gasteiger partial charge on any atom is 0.257 e. The lowest BCUT2D eigenvalue weighted by atomic mass is 9.93. The molecule has 1 aromatic carbocycles. The van der Waals surface area contributed by atoms with Gasteiger partial charge in [-0.2, -0.15) is 4.99 Å². The Hall–Kier alpha value is -3.27. The normalized spacial score (nSPS) is 22.9. The van der Waals surface area contributed by atoms with Gasteiger partial charge in [0.25, 0.3) is 5.88 Å². The number of aliphatic imine (C=N–C) groups is 1. The van der Waals surface area contributed by atoms with Crippen molar-refractivity contribution in [1.82, 2.24) is 14.2 Å². The fourth-order valence-corrected chi connectivity index (χ4v) is 6.72. The van der Waals surface area contributed by atoms with Crippen molar-refractivity contribution < 1.29 is 28.6 Å². The van der Waals surface area contributed by atoms with E-state index in [2.05, 4.69) is 27.9 Å². The molecule has 6 rings (SSSR count). The molecule has 0 radical (unpaired) electrons. The number of likely N-dealkylation sites (N-methyl/N-ethyl adjacent to an activating group) is 1. The Morgan fingerprint density at radius 2 is 2.12 bits per heavy atom. The van der Waals surface area contributed by atoms with Gasteiger partial charge in [0.05, 0.1) is 18.9 Å². The molecule has 11 heteroatoms. The van der Waals surface area contributed by atoms with E-state index in [1.165, 1.54) is 0 Å². The van der Waals surface area contributed by atoms with Crippen LogP contribution in [-0.2, 0) is 27.3 Å². The lowest BCUT2D eigenvalue weighted by Gasteiger charge is -2.46. The number of rotatable bonds is 5. The predicted octanol–water partition coefficient (Wildman–Crippen LogP) is 2.73. The van der Waals surface area contributed by atoms with Gasteiger partial charge in [-0.05, 0) is 63.9 Å². The Kier molecular flexibility index (Phi) is 7.85. The van der Waals surface area contributed by atoms with E-state index in [1.807, 2.05) is 55.1 Å². The Morgan fingerprint density at radius 3 is 2.86 bits per heavy atom. The first kappa shape index (κ1) is 28.8. The van der Waals surface area contributed by atoms with E-state index in [1.54, 1.807) is 18.3 Å². The monoisotopic (exact) mass is 592 g/mol. The number of fused-ring (bicyclic) bond motifs is 4. The van der Waals surface area contributed by atoms with E-state index in [0.29, 0.717) is 50.4 Å². The van der Waals surface area contributed by atoms with Gasteiger partial charge in [0, 0.05) is 47.9 Å². The molecule has 0 aliphatic carbocycles. The second-order valence-electron chi connectivity index (χ2n) is 11.7. The van der Waals surface area contributed by atoms with Crippen molar-refractivity contribution in [2.75, 3.05) is 39.5 Å². The average molecular weight is 593 g/mol. The van der Waals surface area contributed by atoms with Gasteiger partial charge in [0.15, 0.2) is 17.4 Å². The van der Waals surface area contributed by atoms with Crippen LogP contribution in [0.4, 0.5) is 0 Å². The molecule has 1 N–H and O–H groups in total. The molecule has 0 bridgehead atoms. The van der Waals surface area contributed by atoms with Gasteiger partial charge < -0.3 is 33.5 Å². The van der Waals surface area contributed by atoms with Gasteiger partial charge in [-0.1, -0.05) is 17.9 Å². The van der Waals surface area contributed by atoms with Gasteiger partial charge >= 0.3 is 0 Å². The topological polar surface area (TPSA) is 112 Å². The van der Waals surface area contributed by atoms with Crippen LogP contribution in [0.15, 0.2) is 47.6 Å². The van der Waals surface area contributed by atoms with Crippen molar-refractivity contribution in [1.29, 1.82) is 0 Å². The molecule has 0 amide bonds. The standard InChI is InChI=1S/C31H36N4O6S/c1-5-35(42(37)30(2,3)4)31(19-38-20-31)12-10-21-8-9-24-22(15-21)11-14-34-25(24)16-27(33-29(34)36)39-17-23-18-40-28-26(41-23)7-6-13-32-28/h6-9,13,15-16,23,29,36H,5,11,14,17-20H2,1-4H3. The molecule has 1 fully saturated rings. The van der Waals surface area contributed by atoms with Gasteiger partial charge in [0.2, 0.25) is 12.2 Å². The third-order valence-corrected chi connectivity index (χ3v) is 9.61. The summed E-state index contributed by atoms with van der Waals surface area (Å²) in [6, 6.07) is 9.71. The maximum atomic E-state index is 13.3. The highest BCUT2D eigenvalue weighted by molar-refractivity contribution is 7.90. The van der Waals surface area contributed by atoms with Gasteiger partial charge in [-0.25, -0.2) is 4.98 Å². The third kappa shape index (κ3) is 5.57. The summed E-state index contributed by atoms with van der Waals surface area (Å²) in [5, 5.41) is 10.8. The smallest absolute Gasteiger partial charge is 0.257 e. The molecule has 222 valence electrons. The number of hydrogen-bond donors (Lipinski definition) is 1. The quantitative estimate of drug-likeness (QED) is 0.414. The minimum absolute atomic E-state index is 0.214. The van der Waals surface area contributed by atoms with Crippen molar-refractivity contribution in [3.63, 3.8) is 0 Å². The second-order valence-corrected chi connectivity index (χ2v) is 13.8. The molecule has 4 aliphatic heterocycles. The summed E-state index contributed by atoms with van der Waals surface area (Å²) in [6.07, 6.45) is 2.89. The Morgan fingerprint density at radius 1 is 1.29 bits per heavy atom. The summed E-state index contributed by atoms with van der Waals surface area (Å²) in [5.74, 6) is 8.14. The van der Waals surface area contributed by atoms with Crippen molar-refractivity contribution in [3.8, 4) is 23.5 Å². The first-order valence-electron chi connectivity index (χ1n) is 14.2. The zero-order chi connectivity index (χ0) is 29.5. The SMILES string of the molecule is CCN([S+]([O-])C(C)(C)C)C1(C#Cc2ccc3c(c2)CCN2C3=CC(OCC3COc4ncccc4O3)=NC2O)COC1. The number of aromatic nitrogens is 1.